The van der Waals surface area contributed by atoms with Crippen LogP contribution in [0.5, 0.6) is 0 Å². The molecule has 3 aromatic rings. The van der Waals surface area contributed by atoms with E-state index in [1.165, 1.54) is 11.1 Å². The van der Waals surface area contributed by atoms with Crippen molar-refractivity contribution in [2.24, 2.45) is 0 Å². The number of nitrogen functional groups attached to an aromatic ring is 1. The number of carbonyl (C=O) groups is 1. The fourth-order valence-electron chi connectivity index (χ4n) is 4.76. The van der Waals surface area contributed by atoms with Crippen LogP contribution in [-0.4, -0.2) is 72.1 Å². The molecule has 1 fully saturated rings. The first-order valence-electron chi connectivity index (χ1n) is 12.3. The first-order chi connectivity index (χ1) is 17.0. The van der Waals surface area contributed by atoms with Gasteiger partial charge in [0, 0.05) is 57.4 Å². The van der Waals surface area contributed by atoms with Crippen LogP contribution in [0.3, 0.4) is 0 Å². The second-order valence-electron chi connectivity index (χ2n) is 9.38. The summed E-state index contributed by atoms with van der Waals surface area (Å²) in [6.45, 7) is 5.78. The summed E-state index contributed by atoms with van der Waals surface area (Å²) in [6.07, 6.45) is 1.67. The van der Waals surface area contributed by atoms with Crippen molar-refractivity contribution < 1.29 is 4.79 Å². The molecule has 0 saturated carbocycles. The second-order valence-corrected chi connectivity index (χ2v) is 9.38. The first kappa shape index (κ1) is 23.1. The van der Waals surface area contributed by atoms with E-state index in [1.807, 2.05) is 29.2 Å². The van der Waals surface area contributed by atoms with Crippen molar-refractivity contribution in [1.82, 2.24) is 25.1 Å². The highest BCUT2D eigenvalue weighted by molar-refractivity contribution is 5.75. The normalized spacial score (nSPS) is 16.1. The van der Waals surface area contributed by atoms with Gasteiger partial charge in [0.15, 0.2) is 0 Å². The average molecular weight is 472 g/mol. The molecule has 1 aromatic heterocycles. The van der Waals surface area contributed by atoms with Gasteiger partial charge in [-0.1, -0.05) is 42.5 Å². The van der Waals surface area contributed by atoms with Crippen LogP contribution < -0.4 is 16.0 Å². The van der Waals surface area contributed by atoms with Crippen molar-refractivity contribution in [3.63, 3.8) is 0 Å². The van der Waals surface area contributed by atoms with Crippen LogP contribution in [0.15, 0.2) is 54.6 Å². The lowest BCUT2D eigenvalue weighted by Gasteiger charge is -2.33. The fourth-order valence-corrected chi connectivity index (χ4v) is 4.76. The van der Waals surface area contributed by atoms with Crippen molar-refractivity contribution in [2.45, 2.75) is 19.4 Å². The molecule has 2 aliphatic rings. The Morgan fingerprint density at radius 3 is 2.57 bits per heavy atom. The number of nitrogens with one attached hydrogen (secondary N) is 1. The minimum absolute atomic E-state index is 0.0133. The highest BCUT2D eigenvalue weighted by Gasteiger charge is 2.22. The molecule has 2 aliphatic heterocycles. The molecule has 8 nitrogen and oxygen atoms in total. The highest BCUT2D eigenvalue weighted by Crippen LogP contribution is 2.28. The maximum Gasteiger partial charge on any atom is 0.317 e. The van der Waals surface area contributed by atoms with Crippen LogP contribution in [0.25, 0.3) is 11.3 Å². The smallest absolute Gasteiger partial charge is 0.317 e. The molecule has 1 saturated heterocycles. The van der Waals surface area contributed by atoms with Crippen LogP contribution in [0.4, 0.5) is 16.6 Å². The van der Waals surface area contributed by atoms with Crippen molar-refractivity contribution in [1.29, 1.82) is 0 Å². The van der Waals surface area contributed by atoms with Gasteiger partial charge in [0.1, 0.15) is 5.82 Å². The zero-order chi connectivity index (χ0) is 24.2. The summed E-state index contributed by atoms with van der Waals surface area (Å²) in [6, 6.07) is 18.6. The predicted molar refractivity (Wildman–Crippen MR) is 139 cm³/mol. The summed E-state index contributed by atoms with van der Waals surface area (Å²) in [4.78, 5) is 28.3. The Bertz CT molecular complexity index is 1180. The maximum absolute atomic E-state index is 12.8. The molecule has 3 heterocycles. The first-order valence-corrected chi connectivity index (χ1v) is 12.3. The molecule has 5 rings (SSSR count). The molecule has 2 amide bonds. The maximum atomic E-state index is 12.8. The van der Waals surface area contributed by atoms with Gasteiger partial charge in [-0.25, -0.2) is 9.78 Å². The Morgan fingerprint density at radius 2 is 1.77 bits per heavy atom. The van der Waals surface area contributed by atoms with Gasteiger partial charge < -0.3 is 25.8 Å². The lowest BCUT2D eigenvalue weighted by Crippen LogP contribution is -2.44. The van der Waals surface area contributed by atoms with Crippen molar-refractivity contribution in [2.75, 3.05) is 56.9 Å². The summed E-state index contributed by atoms with van der Waals surface area (Å²) in [7, 11) is 2.14. The number of aromatic nitrogens is 2. The van der Waals surface area contributed by atoms with E-state index in [2.05, 4.69) is 62.5 Å². The highest BCUT2D eigenvalue weighted by atomic mass is 16.2. The third kappa shape index (κ3) is 5.54. The zero-order valence-corrected chi connectivity index (χ0v) is 20.3. The standard InChI is InChI=1S/C27H33N7O/c1-32-13-15-33(16-14-32)25-18-24(30-26(28)31-25)22-8-7-21-10-12-34(19-23(21)17-22)27(35)29-11-9-20-5-3-2-4-6-20/h2-8,17-18H,9-16,19H2,1H3,(H,29,35)(H2,28,30,31). The van der Waals surface area contributed by atoms with Crippen LogP contribution in [0, 0.1) is 0 Å². The minimum atomic E-state index is -0.0133. The predicted octanol–water partition coefficient (Wildman–Crippen LogP) is 2.79. The van der Waals surface area contributed by atoms with E-state index in [9.17, 15) is 4.79 Å². The molecule has 0 aliphatic carbocycles. The van der Waals surface area contributed by atoms with Gasteiger partial charge in [0.05, 0.1) is 5.69 Å². The summed E-state index contributed by atoms with van der Waals surface area (Å²) in [5.41, 5.74) is 11.6. The number of hydrogen-bond acceptors (Lipinski definition) is 6. The number of anilines is 2. The number of piperazine rings is 1. The van der Waals surface area contributed by atoms with Gasteiger partial charge >= 0.3 is 6.03 Å². The Hall–Kier alpha value is -3.65. The number of likely N-dealkylation sites (N-methyl/N-ethyl adjacent to an activating group) is 1. The molecule has 0 atom stereocenters. The number of rotatable bonds is 5. The molecule has 0 spiro atoms. The number of nitrogens with zero attached hydrogens (tertiary/aromatic N) is 5. The van der Waals surface area contributed by atoms with Crippen molar-refractivity contribution in [3.8, 4) is 11.3 Å². The van der Waals surface area contributed by atoms with Gasteiger partial charge in [-0.15, -0.1) is 0 Å². The molecule has 0 unspecified atom stereocenters. The van der Waals surface area contributed by atoms with Crippen molar-refractivity contribution in [3.05, 3.63) is 71.3 Å². The second kappa shape index (κ2) is 10.3. The molecule has 2 aromatic carbocycles. The van der Waals surface area contributed by atoms with Crippen LogP contribution in [-0.2, 0) is 19.4 Å². The van der Waals surface area contributed by atoms with E-state index in [0.29, 0.717) is 13.1 Å². The largest absolute Gasteiger partial charge is 0.368 e. The van der Waals surface area contributed by atoms with Crippen LogP contribution in [0.2, 0.25) is 0 Å². The monoisotopic (exact) mass is 471 g/mol. The summed E-state index contributed by atoms with van der Waals surface area (Å²) in [5.74, 6) is 1.16. The number of urea groups is 1. The van der Waals surface area contributed by atoms with Crippen LogP contribution in [0.1, 0.15) is 16.7 Å². The Kier molecular flexibility index (Phi) is 6.81. The van der Waals surface area contributed by atoms with E-state index in [1.54, 1.807) is 0 Å². The Balaban J connectivity index is 1.27. The van der Waals surface area contributed by atoms with Gasteiger partial charge in [0.2, 0.25) is 5.95 Å². The summed E-state index contributed by atoms with van der Waals surface area (Å²) >= 11 is 0. The van der Waals surface area contributed by atoms with Gasteiger partial charge in [-0.2, -0.15) is 4.98 Å². The van der Waals surface area contributed by atoms with Gasteiger partial charge in [0.25, 0.3) is 0 Å². The molecular formula is C27H33N7O. The number of benzene rings is 2. The lowest BCUT2D eigenvalue weighted by atomic mass is 9.96. The number of nitrogens with two attached hydrogens (primary N) is 1. The van der Waals surface area contributed by atoms with E-state index in [-0.39, 0.29) is 12.0 Å². The van der Waals surface area contributed by atoms with Gasteiger partial charge in [-0.3, -0.25) is 0 Å². The average Bonchev–Trinajstić information content (AvgIpc) is 2.88. The SMILES string of the molecule is CN1CCN(c2cc(-c3ccc4c(c3)CN(C(=O)NCCc3ccccc3)CC4)nc(N)n2)CC1. The third-order valence-corrected chi connectivity index (χ3v) is 6.89. The molecular weight excluding hydrogens is 438 g/mol. The zero-order valence-electron chi connectivity index (χ0n) is 20.3. The minimum Gasteiger partial charge on any atom is -0.368 e. The molecule has 35 heavy (non-hydrogen) atoms. The summed E-state index contributed by atoms with van der Waals surface area (Å²) < 4.78 is 0. The van der Waals surface area contributed by atoms with E-state index in [4.69, 9.17) is 5.73 Å². The number of hydrogen-bond donors (Lipinski definition) is 2. The number of amides is 2. The molecule has 0 bridgehead atoms. The Labute approximate surface area is 206 Å². The van der Waals surface area contributed by atoms with Crippen LogP contribution >= 0.6 is 0 Å². The molecule has 3 N–H and O–H groups in total. The number of fused-ring (bicyclic) bond motifs is 1. The number of carbonyl (C=O) groups excluding carboxylic acids is 1. The fraction of sp³-hybridized carbons (Fsp3) is 0.370. The van der Waals surface area contributed by atoms with E-state index >= 15 is 0 Å². The Morgan fingerprint density at radius 1 is 0.971 bits per heavy atom. The third-order valence-electron chi connectivity index (χ3n) is 6.89. The molecule has 182 valence electrons. The summed E-state index contributed by atoms with van der Waals surface area (Å²) in [5, 5.41) is 3.07. The topological polar surface area (TPSA) is 90.6 Å². The molecule has 8 heteroatoms. The van der Waals surface area contributed by atoms with Crippen molar-refractivity contribution >= 4 is 17.8 Å². The van der Waals surface area contributed by atoms with Gasteiger partial charge in [-0.05, 0) is 42.6 Å². The quantitative estimate of drug-likeness (QED) is 0.595. The van der Waals surface area contributed by atoms with E-state index in [0.717, 1.165) is 68.2 Å². The lowest BCUT2D eigenvalue weighted by molar-refractivity contribution is 0.192. The molecule has 0 radical (unpaired) electrons. The van der Waals surface area contributed by atoms with E-state index < -0.39 is 0 Å².